The van der Waals surface area contributed by atoms with E-state index in [0.717, 1.165) is 11.3 Å². The summed E-state index contributed by atoms with van der Waals surface area (Å²) in [5.74, 6) is 0.477. The van der Waals surface area contributed by atoms with E-state index < -0.39 is 0 Å². The van der Waals surface area contributed by atoms with Gasteiger partial charge in [-0.1, -0.05) is 41.9 Å². The zero-order valence-electron chi connectivity index (χ0n) is 13.9. The molecular weight excluding hydrogens is 350 g/mol. The SMILES string of the molecule is Cc1nc2c(cnn2-c2ccccc2)c(=O)n1/N=C/c1ccc(Cl)cc1. The molecule has 0 fully saturated rings. The second-order valence-electron chi connectivity index (χ2n) is 5.70. The smallest absolute Gasteiger partial charge is 0.266 e. The number of para-hydroxylation sites is 1. The quantitative estimate of drug-likeness (QED) is 0.524. The summed E-state index contributed by atoms with van der Waals surface area (Å²) in [6, 6.07) is 16.7. The molecule has 0 radical (unpaired) electrons. The highest BCUT2D eigenvalue weighted by Gasteiger charge is 2.13. The van der Waals surface area contributed by atoms with Crippen molar-refractivity contribution in [3.8, 4) is 5.69 Å². The van der Waals surface area contributed by atoms with E-state index in [9.17, 15) is 4.79 Å². The first-order valence-electron chi connectivity index (χ1n) is 7.96. The third-order valence-corrected chi connectivity index (χ3v) is 4.19. The van der Waals surface area contributed by atoms with E-state index in [1.807, 2.05) is 42.5 Å². The molecule has 6 nitrogen and oxygen atoms in total. The van der Waals surface area contributed by atoms with E-state index in [2.05, 4.69) is 15.2 Å². The number of fused-ring (bicyclic) bond motifs is 1. The lowest BCUT2D eigenvalue weighted by molar-refractivity contribution is 0.765. The maximum Gasteiger partial charge on any atom is 0.285 e. The van der Waals surface area contributed by atoms with Crippen LogP contribution in [0.15, 0.2) is 70.7 Å². The number of halogens is 1. The molecule has 2 heterocycles. The van der Waals surface area contributed by atoms with Crippen molar-refractivity contribution < 1.29 is 0 Å². The van der Waals surface area contributed by atoms with Gasteiger partial charge >= 0.3 is 0 Å². The molecule has 0 aliphatic carbocycles. The Bertz CT molecular complexity index is 1160. The number of aromatic nitrogens is 4. The molecule has 0 unspecified atom stereocenters. The minimum absolute atomic E-state index is 0.264. The van der Waals surface area contributed by atoms with E-state index in [0.29, 0.717) is 21.9 Å². The van der Waals surface area contributed by atoms with Gasteiger partial charge in [0.2, 0.25) is 0 Å². The lowest BCUT2D eigenvalue weighted by atomic mass is 10.2. The fourth-order valence-electron chi connectivity index (χ4n) is 2.63. The molecule has 2 aromatic carbocycles. The lowest BCUT2D eigenvalue weighted by Crippen LogP contribution is -2.20. The van der Waals surface area contributed by atoms with Gasteiger partial charge in [0.1, 0.15) is 11.2 Å². The molecule has 2 aromatic heterocycles. The van der Waals surface area contributed by atoms with Gasteiger partial charge < -0.3 is 0 Å². The van der Waals surface area contributed by atoms with Gasteiger partial charge in [-0.05, 0) is 36.8 Å². The highest BCUT2D eigenvalue weighted by atomic mass is 35.5. The van der Waals surface area contributed by atoms with Crippen LogP contribution in [0, 0.1) is 6.92 Å². The zero-order chi connectivity index (χ0) is 18.1. The van der Waals surface area contributed by atoms with E-state index in [1.165, 1.54) is 10.9 Å². The Labute approximate surface area is 154 Å². The van der Waals surface area contributed by atoms with Crippen molar-refractivity contribution in [2.45, 2.75) is 6.92 Å². The van der Waals surface area contributed by atoms with Crippen molar-refractivity contribution in [3.63, 3.8) is 0 Å². The predicted octanol–water partition coefficient (Wildman–Crippen LogP) is 3.43. The van der Waals surface area contributed by atoms with Crippen molar-refractivity contribution in [2.24, 2.45) is 5.10 Å². The lowest BCUT2D eigenvalue weighted by Gasteiger charge is -2.05. The third kappa shape index (κ3) is 2.91. The van der Waals surface area contributed by atoms with Crippen LogP contribution in [0.2, 0.25) is 5.02 Å². The molecule has 128 valence electrons. The summed E-state index contributed by atoms with van der Waals surface area (Å²) >= 11 is 5.88. The van der Waals surface area contributed by atoms with E-state index in [-0.39, 0.29) is 5.56 Å². The van der Waals surface area contributed by atoms with Crippen LogP contribution in [0.3, 0.4) is 0 Å². The Morgan fingerprint density at radius 2 is 1.81 bits per heavy atom. The number of nitrogens with zero attached hydrogens (tertiary/aromatic N) is 5. The summed E-state index contributed by atoms with van der Waals surface area (Å²) in [6.45, 7) is 1.74. The second-order valence-corrected chi connectivity index (χ2v) is 6.14. The van der Waals surface area contributed by atoms with Crippen LogP contribution in [0.4, 0.5) is 0 Å². The molecule has 4 rings (SSSR count). The first-order chi connectivity index (χ1) is 12.6. The van der Waals surface area contributed by atoms with Gasteiger partial charge in [-0.3, -0.25) is 4.79 Å². The maximum atomic E-state index is 12.8. The Hall–Kier alpha value is -3.25. The molecule has 0 saturated heterocycles. The van der Waals surface area contributed by atoms with E-state index >= 15 is 0 Å². The molecule has 4 aromatic rings. The Balaban J connectivity index is 1.80. The van der Waals surface area contributed by atoms with Gasteiger partial charge in [-0.15, -0.1) is 0 Å². The van der Waals surface area contributed by atoms with Gasteiger partial charge in [0.25, 0.3) is 5.56 Å². The summed E-state index contributed by atoms with van der Waals surface area (Å²) < 4.78 is 2.92. The van der Waals surface area contributed by atoms with Crippen LogP contribution in [0.25, 0.3) is 16.7 Å². The molecule has 0 spiro atoms. The summed E-state index contributed by atoms with van der Waals surface area (Å²) in [5.41, 5.74) is 1.92. The minimum atomic E-state index is -0.264. The molecule has 0 aliphatic heterocycles. The van der Waals surface area contributed by atoms with Crippen molar-refractivity contribution >= 4 is 28.8 Å². The van der Waals surface area contributed by atoms with Gasteiger partial charge in [0, 0.05) is 5.02 Å². The average molecular weight is 364 g/mol. The highest BCUT2D eigenvalue weighted by Crippen LogP contribution is 2.14. The van der Waals surface area contributed by atoms with Crippen molar-refractivity contribution in [1.82, 2.24) is 19.4 Å². The molecule has 0 N–H and O–H groups in total. The number of rotatable bonds is 3. The van der Waals surface area contributed by atoms with Crippen molar-refractivity contribution in [3.05, 3.63) is 87.6 Å². The second kappa shape index (κ2) is 6.57. The maximum absolute atomic E-state index is 12.8. The molecule has 26 heavy (non-hydrogen) atoms. The monoisotopic (exact) mass is 363 g/mol. The van der Waals surface area contributed by atoms with Crippen LogP contribution in [-0.2, 0) is 0 Å². The normalized spacial score (nSPS) is 11.5. The third-order valence-electron chi connectivity index (χ3n) is 3.93. The first kappa shape index (κ1) is 16.2. The summed E-state index contributed by atoms with van der Waals surface area (Å²) in [4.78, 5) is 17.3. The Kier molecular flexibility index (Phi) is 4.10. The number of hydrogen-bond donors (Lipinski definition) is 0. The zero-order valence-corrected chi connectivity index (χ0v) is 14.6. The Morgan fingerprint density at radius 1 is 1.08 bits per heavy atom. The molecule has 0 aliphatic rings. The average Bonchev–Trinajstić information content (AvgIpc) is 3.07. The first-order valence-corrected chi connectivity index (χ1v) is 8.34. The summed E-state index contributed by atoms with van der Waals surface area (Å²) in [5, 5.41) is 9.64. The fourth-order valence-corrected chi connectivity index (χ4v) is 2.76. The van der Waals surface area contributed by atoms with Gasteiger partial charge in [-0.2, -0.15) is 14.9 Å². The standard InChI is InChI=1S/C19H14ClN5O/c1-13-23-18-17(12-22-25(18)16-5-3-2-4-6-16)19(26)24(13)21-11-14-7-9-15(20)10-8-14/h2-12H,1H3/b21-11+. The number of aryl methyl sites for hydroxylation is 1. The summed E-state index contributed by atoms with van der Waals surface area (Å²) in [6.07, 6.45) is 3.12. The van der Waals surface area contributed by atoms with E-state index in [4.69, 9.17) is 11.6 Å². The van der Waals surface area contributed by atoms with Crippen molar-refractivity contribution in [1.29, 1.82) is 0 Å². The molecule has 7 heteroatoms. The Morgan fingerprint density at radius 3 is 2.54 bits per heavy atom. The topological polar surface area (TPSA) is 65.1 Å². The van der Waals surface area contributed by atoms with Crippen LogP contribution >= 0.6 is 11.6 Å². The molecule has 0 atom stereocenters. The largest absolute Gasteiger partial charge is 0.285 e. The van der Waals surface area contributed by atoms with Gasteiger partial charge in [0.05, 0.1) is 18.1 Å². The van der Waals surface area contributed by atoms with E-state index in [1.54, 1.807) is 30.0 Å². The van der Waals surface area contributed by atoms with Crippen LogP contribution in [0.1, 0.15) is 11.4 Å². The van der Waals surface area contributed by atoms with Crippen molar-refractivity contribution in [2.75, 3.05) is 0 Å². The summed E-state index contributed by atoms with van der Waals surface area (Å²) in [7, 11) is 0. The highest BCUT2D eigenvalue weighted by molar-refractivity contribution is 6.30. The minimum Gasteiger partial charge on any atom is -0.266 e. The molecule has 0 saturated carbocycles. The predicted molar refractivity (Wildman–Crippen MR) is 102 cm³/mol. The number of hydrogen-bond acceptors (Lipinski definition) is 4. The molecule has 0 bridgehead atoms. The molecule has 0 amide bonds. The van der Waals surface area contributed by atoms with Crippen LogP contribution in [0.5, 0.6) is 0 Å². The van der Waals surface area contributed by atoms with Gasteiger partial charge in [-0.25, -0.2) is 9.67 Å². The molecular formula is C19H14ClN5O. The van der Waals surface area contributed by atoms with Crippen LogP contribution in [-0.4, -0.2) is 25.7 Å². The van der Waals surface area contributed by atoms with Crippen LogP contribution < -0.4 is 5.56 Å². The number of benzene rings is 2. The van der Waals surface area contributed by atoms with Gasteiger partial charge in [0.15, 0.2) is 5.65 Å². The fraction of sp³-hybridized carbons (Fsp3) is 0.0526.